The summed E-state index contributed by atoms with van der Waals surface area (Å²) in [6.45, 7) is 4.20. The number of rotatable bonds is 2. The van der Waals surface area contributed by atoms with Crippen LogP contribution in [0.25, 0.3) is 0 Å². The summed E-state index contributed by atoms with van der Waals surface area (Å²) in [6, 6.07) is 2.09. The third kappa shape index (κ3) is 1.73. The molecule has 1 heterocycles. The van der Waals surface area contributed by atoms with E-state index in [0.29, 0.717) is 5.92 Å². The molecular formula is C8H14N2S. The molecule has 0 saturated heterocycles. The molecule has 0 aliphatic rings. The molecule has 0 unspecified atom stereocenters. The van der Waals surface area contributed by atoms with Gasteiger partial charge in [-0.15, -0.1) is 11.3 Å². The minimum absolute atomic E-state index is 0.0845. The van der Waals surface area contributed by atoms with Crippen LogP contribution in [-0.4, -0.2) is 0 Å². The zero-order valence-electron chi connectivity index (χ0n) is 6.87. The second kappa shape index (κ2) is 3.24. The Balaban J connectivity index is 2.84. The molecule has 3 heteroatoms. The van der Waals surface area contributed by atoms with Crippen molar-refractivity contribution >= 4 is 16.3 Å². The van der Waals surface area contributed by atoms with Crippen molar-refractivity contribution in [3.8, 4) is 0 Å². The van der Waals surface area contributed by atoms with Crippen LogP contribution in [0.3, 0.4) is 0 Å². The average molecular weight is 170 g/mol. The summed E-state index contributed by atoms with van der Waals surface area (Å²) in [4.78, 5) is 0. The van der Waals surface area contributed by atoms with Crippen molar-refractivity contribution < 1.29 is 0 Å². The third-order valence-electron chi connectivity index (χ3n) is 1.80. The summed E-state index contributed by atoms with van der Waals surface area (Å²) in [6.07, 6.45) is 0. The highest BCUT2D eigenvalue weighted by Crippen LogP contribution is 2.28. The molecule has 0 aromatic carbocycles. The van der Waals surface area contributed by atoms with E-state index in [-0.39, 0.29) is 6.04 Å². The molecule has 0 radical (unpaired) electrons. The van der Waals surface area contributed by atoms with E-state index in [1.807, 2.05) is 11.4 Å². The summed E-state index contributed by atoms with van der Waals surface area (Å²) in [5.74, 6) is 0.451. The molecule has 0 fully saturated rings. The quantitative estimate of drug-likeness (QED) is 0.713. The zero-order chi connectivity index (χ0) is 8.43. The van der Waals surface area contributed by atoms with Gasteiger partial charge < -0.3 is 11.5 Å². The molecule has 4 N–H and O–H groups in total. The Morgan fingerprint density at radius 2 is 2.09 bits per heavy atom. The Labute approximate surface area is 71.2 Å². The van der Waals surface area contributed by atoms with Gasteiger partial charge in [-0.05, 0) is 17.4 Å². The maximum Gasteiger partial charge on any atom is 0.0904 e. The van der Waals surface area contributed by atoms with E-state index in [4.69, 9.17) is 11.5 Å². The van der Waals surface area contributed by atoms with Crippen molar-refractivity contribution in [3.63, 3.8) is 0 Å². The Bertz CT molecular complexity index is 230. The lowest BCUT2D eigenvalue weighted by Gasteiger charge is -2.14. The SMILES string of the molecule is CC(C)[C@H](N)c1ccsc1N. The first-order chi connectivity index (χ1) is 5.13. The van der Waals surface area contributed by atoms with Crippen LogP contribution >= 0.6 is 11.3 Å². The van der Waals surface area contributed by atoms with E-state index in [1.165, 1.54) is 0 Å². The molecule has 1 aromatic heterocycles. The van der Waals surface area contributed by atoms with E-state index in [0.717, 1.165) is 10.6 Å². The van der Waals surface area contributed by atoms with Crippen molar-refractivity contribution in [3.05, 3.63) is 17.0 Å². The van der Waals surface area contributed by atoms with Gasteiger partial charge in [-0.25, -0.2) is 0 Å². The number of nitrogen functional groups attached to an aromatic ring is 1. The van der Waals surface area contributed by atoms with Crippen molar-refractivity contribution in [2.45, 2.75) is 19.9 Å². The van der Waals surface area contributed by atoms with Crippen LogP contribution in [0.1, 0.15) is 25.5 Å². The van der Waals surface area contributed by atoms with Gasteiger partial charge in [0.2, 0.25) is 0 Å². The maximum atomic E-state index is 5.91. The molecule has 11 heavy (non-hydrogen) atoms. The van der Waals surface area contributed by atoms with Crippen LogP contribution in [0.5, 0.6) is 0 Å². The van der Waals surface area contributed by atoms with Crippen LogP contribution in [0.4, 0.5) is 5.00 Å². The van der Waals surface area contributed by atoms with Gasteiger partial charge in [0, 0.05) is 11.6 Å². The average Bonchev–Trinajstić information content (AvgIpc) is 2.33. The number of hydrogen-bond donors (Lipinski definition) is 2. The molecule has 1 rings (SSSR count). The van der Waals surface area contributed by atoms with Gasteiger partial charge in [0.15, 0.2) is 0 Å². The molecular weight excluding hydrogens is 156 g/mol. The minimum Gasteiger partial charge on any atom is -0.390 e. The molecule has 0 spiro atoms. The predicted octanol–water partition coefficient (Wildman–Crippen LogP) is 1.99. The number of nitrogens with two attached hydrogens (primary N) is 2. The first kappa shape index (κ1) is 8.56. The minimum atomic E-state index is 0.0845. The van der Waals surface area contributed by atoms with Crippen LogP contribution in [0, 0.1) is 5.92 Å². The standard InChI is InChI=1S/C8H14N2S/c1-5(2)7(9)6-3-4-11-8(6)10/h3-5,7H,9-10H2,1-2H3/t7-/m0/s1. The molecule has 2 nitrogen and oxygen atoms in total. The highest BCUT2D eigenvalue weighted by Gasteiger charge is 2.13. The van der Waals surface area contributed by atoms with Crippen LogP contribution in [0.15, 0.2) is 11.4 Å². The fourth-order valence-electron chi connectivity index (χ4n) is 0.965. The van der Waals surface area contributed by atoms with Gasteiger partial charge in [-0.3, -0.25) is 0 Å². The Hall–Kier alpha value is -0.540. The normalized spacial score (nSPS) is 13.8. The smallest absolute Gasteiger partial charge is 0.0904 e. The molecule has 0 aliphatic heterocycles. The van der Waals surface area contributed by atoms with Crippen molar-refractivity contribution in [1.29, 1.82) is 0 Å². The van der Waals surface area contributed by atoms with Gasteiger partial charge >= 0.3 is 0 Å². The molecule has 1 atom stereocenters. The number of anilines is 1. The summed E-state index contributed by atoms with van der Waals surface area (Å²) in [7, 11) is 0. The lowest BCUT2D eigenvalue weighted by atomic mass is 9.99. The van der Waals surface area contributed by atoms with Gasteiger partial charge in [-0.2, -0.15) is 0 Å². The largest absolute Gasteiger partial charge is 0.390 e. The Morgan fingerprint density at radius 3 is 2.45 bits per heavy atom. The molecule has 0 bridgehead atoms. The first-order valence-electron chi connectivity index (χ1n) is 3.71. The summed E-state index contributed by atoms with van der Waals surface area (Å²) in [5.41, 5.74) is 12.7. The van der Waals surface area contributed by atoms with Gasteiger partial charge in [0.1, 0.15) is 0 Å². The van der Waals surface area contributed by atoms with Crippen molar-refractivity contribution in [2.75, 3.05) is 5.73 Å². The first-order valence-corrected chi connectivity index (χ1v) is 4.59. The second-order valence-corrected chi connectivity index (χ2v) is 3.96. The second-order valence-electron chi connectivity index (χ2n) is 3.01. The molecule has 0 saturated carbocycles. The highest BCUT2D eigenvalue weighted by atomic mass is 32.1. The molecule has 0 amide bonds. The number of thiophene rings is 1. The lowest BCUT2D eigenvalue weighted by molar-refractivity contribution is 0.516. The van der Waals surface area contributed by atoms with E-state index in [1.54, 1.807) is 11.3 Å². The van der Waals surface area contributed by atoms with Gasteiger partial charge in [0.25, 0.3) is 0 Å². The highest BCUT2D eigenvalue weighted by molar-refractivity contribution is 7.14. The zero-order valence-corrected chi connectivity index (χ0v) is 7.69. The third-order valence-corrected chi connectivity index (χ3v) is 2.57. The maximum absolute atomic E-state index is 5.91. The fraction of sp³-hybridized carbons (Fsp3) is 0.500. The van der Waals surface area contributed by atoms with E-state index in [9.17, 15) is 0 Å². The van der Waals surface area contributed by atoms with E-state index < -0.39 is 0 Å². The topological polar surface area (TPSA) is 52.0 Å². The Morgan fingerprint density at radius 1 is 1.45 bits per heavy atom. The van der Waals surface area contributed by atoms with E-state index in [2.05, 4.69) is 13.8 Å². The molecule has 62 valence electrons. The van der Waals surface area contributed by atoms with Crippen LogP contribution in [-0.2, 0) is 0 Å². The van der Waals surface area contributed by atoms with Gasteiger partial charge in [-0.1, -0.05) is 13.8 Å². The molecule has 0 aliphatic carbocycles. The summed E-state index contributed by atoms with van der Waals surface area (Å²) < 4.78 is 0. The number of hydrogen-bond acceptors (Lipinski definition) is 3. The van der Waals surface area contributed by atoms with Crippen LogP contribution < -0.4 is 11.5 Å². The van der Waals surface area contributed by atoms with Crippen LogP contribution in [0.2, 0.25) is 0 Å². The molecule has 1 aromatic rings. The van der Waals surface area contributed by atoms with Crippen molar-refractivity contribution in [1.82, 2.24) is 0 Å². The fourth-order valence-corrected chi connectivity index (χ4v) is 1.67. The monoisotopic (exact) mass is 170 g/mol. The predicted molar refractivity (Wildman–Crippen MR) is 50.5 cm³/mol. The van der Waals surface area contributed by atoms with Crippen molar-refractivity contribution in [2.24, 2.45) is 11.7 Å². The summed E-state index contributed by atoms with van der Waals surface area (Å²) in [5, 5.41) is 2.83. The lowest BCUT2D eigenvalue weighted by Crippen LogP contribution is -2.16. The summed E-state index contributed by atoms with van der Waals surface area (Å²) >= 11 is 1.55. The van der Waals surface area contributed by atoms with E-state index >= 15 is 0 Å². The van der Waals surface area contributed by atoms with Gasteiger partial charge in [0.05, 0.1) is 5.00 Å². The Kier molecular flexibility index (Phi) is 2.52.